The van der Waals surface area contributed by atoms with E-state index in [1.165, 1.54) is 24.3 Å². The van der Waals surface area contributed by atoms with Crippen LogP contribution in [0, 0.1) is 10.1 Å². The number of carbonyl (C=O) groups is 1. The third-order valence-electron chi connectivity index (χ3n) is 3.52. The van der Waals surface area contributed by atoms with Gasteiger partial charge in [0.15, 0.2) is 5.82 Å². The average molecular weight is 347 g/mol. The molecule has 0 aliphatic heterocycles. The van der Waals surface area contributed by atoms with Gasteiger partial charge in [0.25, 0.3) is 5.69 Å². The summed E-state index contributed by atoms with van der Waals surface area (Å²) in [6.07, 6.45) is 0. The highest BCUT2D eigenvalue weighted by molar-refractivity contribution is 5.93. The van der Waals surface area contributed by atoms with E-state index in [2.05, 4.69) is 4.98 Å². The van der Waals surface area contributed by atoms with Crippen LogP contribution in [-0.2, 0) is 11.3 Å². The van der Waals surface area contributed by atoms with E-state index in [1.54, 1.807) is 18.2 Å². The van der Waals surface area contributed by atoms with Gasteiger partial charge < -0.3 is 4.74 Å². The predicted octanol–water partition coefficient (Wildman–Crippen LogP) is 3.70. The van der Waals surface area contributed by atoms with E-state index in [1.807, 2.05) is 0 Å². The first-order valence-electron chi connectivity index (χ1n) is 7.13. The van der Waals surface area contributed by atoms with E-state index in [-0.39, 0.29) is 16.9 Å². The monoisotopic (exact) mass is 347 g/mol. The zero-order chi connectivity index (χ0) is 18.0. The first kappa shape index (κ1) is 16.5. The van der Waals surface area contributed by atoms with Crippen LogP contribution in [0.4, 0.5) is 14.5 Å². The zero-order valence-corrected chi connectivity index (χ0v) is 12.6. The molecule has 0 saturated carbocycles. The third-order valence-corrected chi connectivity index (χ3v) is 3.52. The molecule has 9 heteroatoms. The molecule has 128 valence electrons. The van der Waals surface area contributed by atoms with Gasteiger partial charge in [-0.25, -0.2) is 9.78 Å². The Balaban J connectivity index is 1.87. The lowest BCUT2D eigenvalue weighted by Gasteiger charge is -2.08. The fraction of sp³-hybridized carbons (Fsp3) is 0.125. The van der Waals surface area contributed by atoms with E-state index < -0.39 is 29.7 Å². The number of imidazole rings is 1. The van der Waals surface area contributed by atoms with Gasteiger partial charge in [-0.3, -0.25) is 14.7 Å². The van der Waals surface area contributed by atoms with Crippen molar-refractivity contribution in [2.75, 3.05) is 0 Å². The lowest BCUT2D eigenvalue weighted by atomic mass is 10.2. The van der Waals surface area contributed by atoms with Gasteiger partial charge >= 0.3 is 12.5 Å². The molecule has 0 fully saturated rings. The Labute approximate surface area is 139 Å². The molecule has 0 atom stereocenters. The Bertz CT molecular complexity index is 955. The van der Waals surface area contributed by atoms with Crippen LogP contribution in [0.3, 0.4) is 0 Å². The minimum atomic E-state index is -2.87. The summed E-state index contributed by atoms with van der Waals surface area (Å²) in [5.74, 6) is -1.14. The molecule has 0 aliphatic carbocycles. The maximum absolute atomic E-state index is 13.3. The number of hydrogen-bond donors (Lipinski definition) is 0. The van der Waals surface area contributed by atoms with Gasteiger partial charge in [0.05, 0.1) is 16.0 Å². The van der Waals surface area contributed by atoms with Crippen molar-refractivity contribution in [3.05, 3.63) is 70.0 Å². The SMILES string of the molecule is O=C(OCc1nc2ccccc2n1C(F)F)c1ccccc1[N+](=O)[O-]. The van der Waals surface area contributed by atoms with Gasteiger partial charge in [0.2, 0.25) is 0 Å². The van der Waals surface area contributed by atoms with Crippen molar-refractivity contribution in [1.29, 1.82) is 0 Å². The number of nitrogens with zero attached hydrogens (tertiary/aromatic N) is 3. The van der Waals surface area contributed by atoms with Gasteiger partial charge in [0, 0.05) is 6.07 Å². The Morgan fingerprint density at radius 2 is 1.88 bits per heavy atom. The van der Waals surface area contributed by atoms with E-state index in [9.17, 15) is 23.7 Å². The number of alkyl halides is 2. The highest BCUT2D eigenvalue weighted by atomic mass is 19.3. The summed E-state index contributed by atoms with van der Waals surface area (Å²) in [5.41, 5.74) is -0.143. The van der Waals surface area contributed by atoms with Crippen molar-refractivity contribution >= 4 is 22.7 Å². The van der Waals surface area contributed by atoms with Crippen LogP contribution in [0.1, 0.15) is 22.7 Å². The number of hydrogen-bond acceptors (Lipinski definition) is 5. The molecule has 1 aromatic heterocycles. The number of aromatic nitrogens is 2. The third kappa shape index (κ3) is 3.16. The predicted molar refractivity (Wildman–Crippen MR) is 83.2 cm³/mol. The molecule has 2 aromatic carbocycles. The Morgan fingerprint density at radius 1 is 1.20 bits per heavy atom. The number of esters is 1. The fourth-order valence-electron chi connectivity index (χ4n) is 2.43. The minimum absolute atomic E-state index is 0.150. The number of nitro benzene ring substituents is 1. The van der Waals surface area contributed by atoms with Crippen LogP contribution in [0.2, 0.25) is 0 Å². The number of carbonyl (C=O) groups excluding carboxylic acids is 1. The van der Waals surface area contributed by atoms with Crippen molar-refractivity contribution in [3.8, 4) is 0 Å². The first-order valence-corrected chi connectivity index (χ1v) is 7.13. The van der Waals surface area contributed by atoms with Crippen LogP contribution in [0.25, 0.3) is 11.0 Å². The lowest BCUT2D eigenvalue weighted by Crippen LogP contribution is -2.12. The summed E-state index contributed by atoms with van der Waals surface area (Å²) in [7, 11) is 0. The maximum Gasteiger partial charge on any atom is 0.345 e. The quantitative estimate of drug-likeness (QED) is 0.399. The zero-order valence-electron chi connectivity index (χ0n) is 12.6. The second kappa shape index (κ2) is 6.63. The number of fused-ring (bicyclic) bond motifs is 1. The van der Waals surface area contributed by atoms with E-state index in [0.29, 0.717) is 10.1 Å². The van der Waals surface area contributed by atoms with Crippen LogP contribution in [0.5, 0.6) is 0 Å². The average Bonchev–Trinajstić information content (AvgIpc) is 2.98. The fourth-order valence-corrected chi connectivity index (χ4v) is 2.43. The molecule has 0 aliphatic rings. The summed E-state index contributed by atoms with van der Waals surface area (Å²) < 4.78 is 32.2. The minimum Gasteiger partial charge on any atom is -0.454 e. The summed E-state index contributed by atoms with van der Waals surface area (Å²) in [6, 6.07) is 11.5. The second-order valence-corrected chi connectivity index (χ2v) is 5.01. The van der Waals surface area contributed by atoms with Crippen molar-refractivity contribution < 1.29 is 23.2 Å². The number of benzene rings is 2. The molecule has 25 heavy (non-hydrogen) atoms. The van der Waals surface area contributed by atoms with Crippen LogP contribution in [0.15, 0.2) is 48.5 Å². The number of nitro groups is 1. The normalized spacial score (nSPS) is 11.0. The molecule has 0 spiro atoms. The van der Waals surface area contributed by atoms with Crippen LogP contribution in [-0.4, -0.2) is 20.4 Å². The van der Waals surface area contributed by atoms with Gasteiger partial charge in [-0.15, -0.1) is 0 Å². The molecule has 0 saturated heterocycles. The highest BCUT2D eigenvalue weighted by Gasteiger charge is 2.23. The highest BCUT2D eigenvalue weighted by Crippen LogP contribution is 2.24. The molecule has 0 amide bonds. The van der Waals surface area contributed by atoms with E-state index >= 15 is 0 Å². The van der Waals surface area contributed by atoms with Gasteiger partial charge in [0.1, 0.15) is 12.2 Å². The molecule has 0 bridgehead atoms. The van der Waals surface area contributed by atoms with E-state index in [0.717, 1.165) is 6.07 Å². The molecule has 0 radical (unpaired) electrons. The first-order chi connectivity index (χ1) is 12.0. The Morgan fingerprint density at radius 3 is 2.60 bits per heavy atom. The summed E-state index contributed by atoms with van der Waals surface area (Å²) >= 11 is 0. The second-order valence-electron chi connectivity index (χ2n) is 5.01. The number of ether oxygens (including phenoxy) is 1. The molecule has 3 rings (SSSR count). The topological polar surface area (TPSA) is 87.3 Å². The molecule has 0 N–H and O–H groups in total. The Kier molecular flexibility index (Phi) is 4.38. The summed E-state index contributed by atoms with van der Waals surface area (Å²) in [6.45, 7) is -3.41. The molecule has 7 nitrogen and oxygen atoms in total. The number of halogens is 2. The standard InChI is InChI=1S/C16H11F2N3O4/c17-16(18)20-13-8-4-2-6-11(13)19-14(20)9-25-15(22)10-5-1-3-7-12(10)21(23)24/h1-8,16H,9H2. The van der Waals surface area contributed by atoms with Gasteiger partial charge in [-0.2, -0.15) is 8.78 Å². The lowest BCUT2D eigenvalue weighted by molar-refractivity contribution is -0.385. The molecular weight excluding hydrogens is 336 g/mol. The molecule has 0 unspecified atom stereocenters. The number of rotatable bonds is 5. The molecule has 1 heterocycles. The maximum atomic E-state index is 13.3. The molecular formula is C16H11F2N3O4. The summed E-state index contributed by atoms with van der Waals surface area (Å²) in [5, 5.41) is 10.9. The van der Waals surface area contributed by atoms with Crippen molar-refractivity contribution in [3.63, 3.8) is 0 Å². The largest absolute Gasteiger partial charge is 0.454 e. The summed E-state index contributed by atoms with van der Waals surface area (Å²) in [4.78, 5) is 26.3. The van der Waals surface area contributed by atoms with Gasteiger partial charge in [-0.1, -0.05) is 24.3 Å². The molecule has 3 aromatic rings. The van der Waals surface area contributed by atoms with Crippen LogP contribution < -0.4 is 0 Å². The van der Waals surface area contributed by atoms with Crippen molar-refractivity contribution in [2.45, 2.75) is 13.2 Å². The van der Waals surface area contributed by atoms with Crippen LogP contribution >= 0.6 is 0 Å². The van der Waals surface area contributed by atoms with Crippen molar-refractivity contribution in [1.82, 2.24) is 9.55 Å². The Hall–Kier alpha value is -3.36. The van der Waals surface area contributed by atoms with E-state index in [4.69, 9.17) is 4.74 Å². The van der Waals surface area contributed by atoms with Crippen molar-refractivity contribution in [2.24, 2.45) is 0 Å². The van der Waals surface area contributed by atoms with Gasteiger partial charge in [-0.05, 0) is 18.2 Å². The number of para-hydroxylation sites is 3. The smallest absolute Gasteiger partial charge is 0.345 e.